The van der Waals surface area contributed by atoms with Gasteiger partial charge in [0.2, 0.25) is 0 Å². The maximum Gasteiger partial charge on any atom is 0.00313 e. The lowest BCUT2D eigenvalue weighted by Crippen LogP contribution is -2.30. The molecule has 0 fully saturated rings. The topological polar surface area (TPSA) is 6.48 Å². The van der Waals surface area contributed by atoms with Gasteiger partial charge in [-0.1, -0.05) is 43.1 Å². The summed E-state index contributed by atoms with van der Waals surface area (Å²) in [6.07, 6.45) is 5.34. The summed E-state index contributed by atoms with van der Waals surface area (Å²) in [5, 5.41) is 1.15. The highest BCUT2D eigenvalue weighted by Crippen LogP contribution is 2.02. The average Bonchev–Trinajstić information content (AvgIpc) is 2.37. The van der Waals surface area contributed by atoms with Crippen LogP contribution in [-0.2, 0) is 0 Å². The fourth-order valence-electron chi connectivity index (χ4n) is 2.09. The number of unbranched alkanes of at least 4 members (excludes halogenated alkanes) is 2. The van der Waals surface area contributed by atoms with E-state index in [4.69, 9.17) is 0 Å². The van der Waals surface area contributed by atoms with Gasteiger partial charge in [-0.3, -0.25) is 0 Å². The van der Waals surface area contributed by atoms with Crippen LogP contribution in [0.25, 0.3) is 0 Å². The van der Waals surface area contributed by atoms with Crippen LogP contribution in [-0.4, -0.2) is 54.4 Å². The fraction of sp³-hybridized carbons (Fsp3) is 1.00. The Morgan fingerprint density at radius 2 is 1.18 bits per heavy atom. The van der Waals surface area contributed by atoms with Crippen molar-refractivity contribution in [2.24, 2.45) is 0 Å². The molecule has 0 aliphatic carbocycles. The molecule has 0 radical (unpaired) electrons. The van der Waals surface area contributed by atoms with Gasteiger partial charge in [0.15, 0.2) is 0 Å². The fourth-order valence-corrected chi connectivity index (χ4v) is 2.49. The first-order valence-electron chi connectivity index (χ1n) is 7.29. The number of rotatable bonds is 12. The Hall–Kier alpha value is 0.400. The lowest BCUT2D eigenvalue weighted by Gasteiger charge is -2.23. The van der Waals surface area contributed by atoms with E-state index < -0.39 is 0 Å². The van der Waals surface area contributed by atoms with Crippen molar-refractivity contribution in [2.45, 2.75) is 46.5 Å². The third kappa shape index (κ3) is 10.0. The van der Waals surface area contributed by atoms with Crippen molar-refractivity contribution in [3.63, 3.8) is 0 Å². The monoisotopic (exact) mass is 306 g/mol. The van der Waals surface area contributed by atoms with E-state index in [1.807, 2.05) is 0 Å². The lowest BCUT2D eigenvalue weighted by molar-refractivity contribution is 0.240. The highest BCUT2D eigenvalue weighted by molar-refractivity contribution is 9.09. The summed E-state index contributed by atoms with van der Waals surface area (Å²) in [5.41, 5.74) is 0. The average molecular weight is 307 g/mol. The molecule has 0 amide bonds. The molecule has 0 aromatic heterocycles. The predicted octanol–water partition coefficient (Wildman–Crippen LogP) is 3.61. The van der Waals surface area contributed by atoms with Crippen LogP contribution in [0.5, 0.6) is 0 Å². The van der Waals surface area contributed by atoms with Gasteiger partial charge in [0, 0.05) is 5.33 Å². The van der Waals surface area contributed by atoms with E-state index in [9.17, 15) is 0 Å². The molecule has 0 rings (SSSR count). The van der Waals surface area contributed by atoms with Crippen molar-refractivity contribution < 1.29 is 0 Å². The molecular formula is C14H31BrN2. The third-order valence-corrected chi connectivity index (χ3v) is 3.96. The number of halogens is 1. The summed E-state index contributed by atoms with van der Waals surface area (Å²) in [7, 11) is 0. The molecule has 3 heteroatoms. The minimum Gasteiger partial charge on any atom is -0.304 e. The minimum atomic E-state index is 1.15. The van der Waals surface area contributed by atoms with Crippen molar-refractivity contribution in [1.82, 2.24) is 9.80 Å². The first-order chi connectivity index (χ1) is 8.28. The second-order valence-corrected chi connectivity index (χ2v) is 5.36. The Bertz CT molecular complexity index is 149. The highest BCUT2D eigenvalue weighted by atomic mass is 79.9. The predicted molar refractivity (Wildman–Crippen MR) is 82.2 cm³/mol. The number of hydrogen-bond acceptors (Lipinski definition) is 2. The molecule has 0 aromatic rings. The standard InChI is InChI=1S/C14H31BrN2/c1-4-16(5-2)13-10-14-17(6-3)12-9-7-8-11-15/h4-14H2,1-3H3. The Morgan fingerprint density at radius 3 is 1.71 bits per heavy atom. The van der Waals surface area contributed by atoms with E-state index in [0.29, 0.717) is 0 Å². The molecule has 0 saturated carbocycles. The van der Waals surface area contributed by atoms with Gasteiger partial charge in [-0.25, -0.2) is 0 Å². The maximum absolute atomic E-state index is 3.49. The Morgan fingerprint density at radius 1 is 0.647 bits per heavy atom. The van der Waals surface area contributed by atoms with Crippen LogP contribution in [0, 0.1) is 0 Å². The smallest absolute Gasteiger partial charge is 0.00313 e. The van der Waals surface area contributed by atoms with Crippen molar-refractivity contribution in [3.8, 4) is 0 Å². The summed E-state index contributed by atoms with van der Waals surface area (Å²) < 4.78 is 0. The van der Waals surface area contributed by atoms with Gasteiger partial charge in [-0.05, 0) is 58.5 Å². The van der Waals surface area contributed by atoms with Gasteiger partial charge in [-0.15, -0.1) is 0 Å². The van der Waals surface area contributed by atoms with Crippen molar-refractivity contribution in [3.05, 3.63) is 0 Å². The van der Waals surface area contributed by atoms with Gasteiger partial charge < -0.3 is 9.80 Å². The molecule has 2 nitrogen and oxygen atoms in total. The van der Waals surface area contributed by atoms with Gasteiger partial charge >= 0.3 is 0 Å². The van der Waals surface area contributed by atoms with Crippen LogP contribution in [0.2, 0.25) is 0 Å². The Labute approximate surface area is 117 Å². The molecule has 0 saturated heterocycles. The van der Waals surface area contributed by atoms with Gasteiger partial charge in [0.1, 0.15) is 0 Å². The zero-order valence-electron chi connectivity index (χ0n) is 12.1. The molecule has 0 aromatic carbocycles. The third-order valence-electron chi connectivity index (χ3n) is 3.40. The van der Waals surface area contributed by atoms with Crippen LogP contribution in [0.15, 0.2) is 0 Å². The molecular weight excluding hydrogens is 276 g/mol. The molecule has 0 N–H and O–H groups in total. The normalized spacial score (nSPS) is 11.6. The van der Waals surface area contributed by atoms with Crippen LogP contribution >= 0.6 is 15.9 Å². The number of hydrogen-bond donors (Lipinski definition) is 0. The van der Waals surface area contributed by atoms with E-state index >= 15 is 0 Å². The van der Waals surface area contributed by atoms with E-state index in [0.717, 1.165) is 5.33 Å². The molecule has 0 aliphatic heterocycles. The van der Waals surface area contributed by atoms with Crippen LogP contribution in [0.4, 0.5) is 0 Å². The minimum absolute atomic E-state index is 1.15. The lowest BCUT2D eigenvalue weighted by atomic mass is 10.2. The molecule has 17 heavy (non-hydrogen) atoms. The summed E-state index contributed by atoms with van der Waals surface area (Å²) in [4.78, 5) is 5.11. The van der Waals surface area contributed by atoms with Crippen molar-refractivity contribution >= 4 is 15.9 Å². The van der Waals surface area contributed by atoms with E-state index in [2.05, 4.69) is 46.5 Å². The highest BCUT2D eigenvalue weighted by Gasteiger charge is 2.03. The molecule has 0 heterocycles. The second-order valence-electron chi connectivity index (χ2n) is 4.56. The van der Waals surface area contributed by atoms with E-state index in [1.165, 1.54) is 65.0 Å². The van der Waals surface area contributed by atoms with E-state index in [-0.39, 0.29) is 0 Å². The molecule has 104 valence electrons. The van der Waals surface area contributed by atoms with Gasteiger partial charge in [0.05, 0.1) is 0 Å². The zero-order valence-corrected chi connectivity index (χ0v) is 13.6. The largest absolute Gasteiger partial charge is 0.304 e. The van der Waals surface area contributed by atoms with Crippen molar-refractivity contribution in [1.29, 1.82) is 0 Å². The Balaban J connectivity index is 3.53. The SMILES string of the molecule is CCN(CC)CCCN(CC)CCCCCBr. The first-order valence-corrected chi connectivity index (χ1v) is 8.41. The maximum atomic E-state index is 3.49. The van der Waals surface area contributed by atoms with Crippen LogP contribution in [0.1, 0.15) is 46.5 Å². The molecule has 0 atom stereocenters. The summed E-state index contributed by atoms with van der Waals surface area (Å²) >= 11 is 3.49. The van der Waals surface area contributed by atoms with Crippen LogP contribution in [0.3, 0.4) is 0 Å². The summed E-state index contributed by atoms with van der Waals surface area (Å²) in [6, 6.07) is 0. The Kier molecular flexibility index (Phi) is 13.1. The molecule has 0 aliphatic rings. The molecule has 0 unspecified atom stereocenters. The molecule has 0 spiro atoms. The number of nitrogens with zero attached hydrogens (tertiary/aromatic N) is 2. The van der Waals surface area contributed by atoms with Gasteiger partial charge in [-0.2, -0.15) is 0 Å². The number of alkyl halides is 1. The summed E-state index contributed by atoms with van der Waals surface area (Å²) in [6.45, 7) is 14.2. The van der Waals surface area contributed by atoms with E-state index in [1.54, 1.807) is 0 Å². The second kappa shape index (κ2) is 12.8. The first kappa shape index (κ1) is 17.4. The summed E-state index contributed by atoms with van der Waals surface area (Å²) in [5.74, 6) is 0. The van der Waals surface area contributed by atoms with Gasteiger partial charge in [0.25, 0.3) is 0 Å². The quantitative estimate of drug-likeness (QED) is 0.401. The zero-order chi connectivity index (χ0) is 12.9. The molecule has 0 bridgehead atoms. The van der Waals surface area contributed by atoms with Crippen molar-refractivity contribution in [2.75, 3.05) is 44.6 Å². The van der Waals surface area contributed by atoms with Crippen LogP contribution < -0.4 is 0 Å².